The normalized spacial score (nSPS) is 16.0. The zero-order valence-corrected chi connectivity index (χ0v) is 19.5. The van der Waals surface area contributed by atoms with Crippen LogP contribution in [0.5, 0.6) is 5.75 Å². The summed E-state index contributed by atoms with van der Waals surface area (Å²) in [6.45, 7) is 0.623. The van der Waals surface area contributed by atoms with Crippen LogP contribution in [0.15, 0.2) is 30.5 Å². The average molecular weight is 502 g/mol. The lowest BCUT2D eigenvalue weighted by Crippen LogP contribution is -2.41. The highest BCUT2D eigenvalue weighted by atomic mass is 32.1. The number of hydrogen-bond donors (Lipinski definition) is 1. The number of pyridine rings is 1. The lowest BCUT2D eigenvalue weighted by atomic mass is 9.97. The Kier molecular flexibility index (Phi) is 6.39. The van der Waals surface area contributed by atoms with Crippen LogP contribution in [0.4, 0.5) is 19.6 Å². The molecule has 2 aromatic heterocycles. The van der Waals surface area contributed by atoms with Gasteiger partial charge in [0.25, 0.3) is 18.2 Å². The van der Waals surface area contributed by atoms with Crippen molar-refractivity contribution >= 4 is 34.0 Å². The number of carbonyl (C=O) groups excluding carboxylic acids is 2. The van der Waals surface area contributed by atoms with Gasteiger partial charge in [0.2, 0.25) is 5.13 Å². The van der Waals surface area contributed by atoms with Crippen molar-refractivity contribution < 1.29 is 27.8 Å². The molecule has 3 aromatic rings. The number of morpholine rings is 1. The third kappa shape index (κ3) is 4.84. The SMILES string of the molecule is COc1cnc(C(F)F)cc1-c1cc(N2CCOCC2=O)ccc1C(=O)Nc1nnc(C2CC2)s1. The third-order valence-electron chi connectivity index (χ3n) is 5.76. The van der Waals surface area contributed by atoms with Crippen LogP contribution in [0.25, 0.3) is 11.1 Å². The smallest absolute Gasteiger partial charge is 0.280 e. The topological polar surface area (TPSA) is 107 Å². The predicted octanol–water partition coefficient (Wildman–Crippen LogP) is 4.04. The van der Waals surface area contributed by atoms with Crippen LogP contribution in [-0.2, 0) is 9.53 Å². The number of benzene rings is 1. The Balaban J connectivity index is 1.57. The van der Waals surface area contributed by atoms with Crippen LogP contribution < -0.4 is 15.0 Å². The van der Waals surface area contributed by atoms with Crippen LogP contribution in [-0.4, -0.2) is 53.9 Å². The molecule has 1 aliphatic heterocycles. The number of anilines is 2. The van der Waals surface area contributed by atoms with Gasteiger partial charge in [-0.3, -0.25) is 19.9 Å². The summed E-state index contributed by atoms with van der Waals surface area (Å²) >= 11 is 1.31. The van der Waals surface area contributed by atoms with Gasteiger partial charge in [0.15, 0.2) is 0 Å². The first-order chi connectivity index (χ1) is 16.9. The second kappa shape index (κ2) is 9.62. The minimum atomic E-state index is -2.82. The highest BCUT2D eigenvalue weighted by molar-refractivity contribution is 7.15. The molecule has 1 aromatic carbocycles. The Morgan fingerprint density at radius 1 is 1.26 bits per heavy atom. The van der Waals surface area contributed by atoms with Crippen molar-refractivity contribution in [3.8, 4) is 16.9 Å². The molecule has 3 heterocycles. The molecule has 12 heteroatoms. The minimum Gasteiger partial charge on any atom is -0.494 e. The van der Waals surface area contributed by atoms with E-state index in [1.165, 1.54) is 35.6 Å². The number of amides is 2. The van der Waals surface area contributed by atoms with Crippen molar-refractivity contribution in [2.45, 2.75) is 25.2 Å². The fraction of sp³-hybridized carbons (Fsp3) is 0.348. The molecule has 1 saturated heterocycles. The summed E-state index contributed by atoms with van der Waals surface area (Å²) in [6.07, 6.45) is 0.492. The zero-order chi connectivity index (χ0) is 24.5. The second-order valence-corrected chi connectivity index (χ2v) is 9.12. The quantitative estimate of drug-likeness (QED) is 0.521. The molecule has 1 saturated carbocycles. The number of aromatic nitrogens is 3. The van der Waals surface area contributed by atoms with Crippen molar-refractivity contribution in [3.63, 3.8) is 0 Å². The Bertz CT molecular complexity index is 1280. The first-order valence-corrected chi connectivity index (χ1v) is 11.8. The van der Waals surface area contributed by atoms with Gasteiger partial charge in [-0.1, -0.05) is 11.3 Å². The van der Waals surface area contributed by atoms with Gasteiger partial charge < -0.3 is 14.4 Å². The second-order valence-electron chi connectivity index (χ2n) is 8.11. The van der Waals surface area contributed by atoms with Crippen LogP contribution in [0.3, 0.4) is 0 Å². The first-order valence-electron chi connectivity index (χ1n) is 10.9. The molecule has 1 N–H and O–H groups in total. The van der Waals surface area contributed by atoms with Crippen molar-refractivity contribution in [1.29, 1.82) is 0 Å². The van der Waals surface area contributed by atoms with Crippen molar-refractivity contribution in [2.75, 3.05) is 37.1 Å². The number of carbonyl (C=O) groups is 2. The summed E-state index contributed by atoms with van der Waals surface area (Å²) in [4.78, 5) is 31.0. The largest absolute Gasteiger partial charge is 0.494 e. The van der Waals surface area contributed by atoms with Crippen LogP contribution in [0.2, 0.25) is 0 Å². The molecule has 2 fully saturated rings. The van der Waals surface area contributed by atoms with E-state index in [-0.39, 0.29) is 29.4 Å². The van der Waals surface area contributed by atoms with Crippen LogP contribution in [0.1, 0.15) is 46.2 Å². The molecule has 5 rings (SSSR count). The van der Waals surface area contributed by atoms with Gasteiger partial charge in [-0.2, -0.15) is 0 Å². The number of rotatable bonds is 7. The van der Waals surface area contributed by atoms with Gasteiger partial charge in [0, 0.05) is 34.8 Å². The Morgan fingerprint density at radius 3 is 2.80 bits per heavy atom. The average Bonchev–Trinajstić information content (AvgIpc) is 3.62. The van der Waals surface area contributed by atoms with Crippen molar-refractivity contribution in [1.82, 2.24) is 15.2 Å². The molecule has 0 bridgehead atoms. The Hall–Kier alpha value is -3.51. The van der Waals surface area contributed by atoms with E-state index in [9.17, 15) is 18.4 Å². The van der Waals surface area contributed by atoms with Crippen LogP contribution in [0, 0.1) is 0 Å². The molecule has 2 amide bonds. The van der Waals surface area contributed by atoms with E-state index < -0.39 is 18.0 Å². The fourth-order valence-corrected chi connectivity index (χ4v) is 4.72. The molecule has 9 nitrogen and oxygen atoms in total. The molecule has 0 radical (unpaired) electrons. The molecule has 1 aliphatic carbocycles. The third-order valence-corrected chi connectivity index (χ3v) is 6.76. The predicted molar refractivity (Wildman–Crippen MR) is 124 cm³/mol. The van der Waals surface area contributed by atoms with E-state index in [2.05, 4.69) is 20.5 Å². The number of halogens is 2. The van der Waals surface area contributed by atoms with Gasteiger partial charge >= 0.3 is 0 Å². The van der Waals surface area contributed by atoms with Gasteiger partial charge in [-0.25, -0.2) is 8.78 Å². The van der Waals surface area contributed by atoms with E-state index in [1.807, 2.05) is 0 Å². The minimum absolute atomic E-state index is 0.0634. The summed E-state index contributed by atoms with van der Waals surface area (Å²) in [7, 11) is 1.39. The van der Waals surface area contributed by atoms with Gasteiger partial charge in [0.1, 0.15) is 23.1 Å². The van der Waals surface area contributed by atoms with E-state index in [0.29, 0.717) is 35.5 Å². The monoisotopic (exact) mass is 501 g/mol. The maximum absolute atomic E-state index is 13.5. The first kappa shape index (κ1) is 23.2. The molecule has 0 unspecified atom stereocenters. The maximum atomic E-state index is 13.5. The highest BCUT2D eigenvalue weighted by Gasteiger charge is 2.29. The molecule has 2 aliphatic rings. The van der Waals surface area contributed by atoms with E-state index in [4.69, 9.17) is 9.47 Å². The number of ether oxygens (including phenoxy) is 2. The van der Waals surface area contributed by atoms with Gasteiger partial charge in [-0.15, -0.1) is 10.2 Å². The Labute approximate surface area is 203 Å². The van der Waals surface area contributed by atoms with E-state index >= 15 is 0 Å². The molecular weight excluding hydrogens is 480 g/mol. The zero-order valence-electron chi connectivity index (χ0n) is 18.7. The standard InChI is InChI=1S/C23H21F2N5O4S/c1-33-18-10-26-17(20(24)25)9-16(18)15-8-13(30-6-7-34-11-19(30)31)4-5-14(15)21(32)27-23-29-28-22(35-23)12-2-3-12/h4-5,8-10,12,20H,2-3,6-7,11H2,1H3,(H,27,29,32). The molecule has 0 atom stereocenters. The van der Waals surface area contributed by atoms with E-state index in [0.717, 1.165) is 17.8 Å². The molecule has 0 spiro atoms. The number of nitrogens with one attached hydrogen (secondary N) is 1. The fourth-order valence-electron chi connectivity index (χ4n) is 3.81. The van der Waals surface area contributed by atoms with Crippen molar-refractivity contribution in [2.24, 2.45) is 0 Å². The summed E-state index contributed by atoms with van der Waals surface area (Å²) < 4.78 is 37.5. The summed E-state index contributed by atoms with van der Waals surface area (Å²) in [5.41, 5.74) is 0.809. The summed E-state index contributed by atoms with van der Waals surface area (Å²) in [6, 6.07) is 5.99. The number of nitrogens with zero attached hydrogens (tertiary/aromatic N) is 4. The number of hydrogen-bond acceptors (Lipinski definition) is 8. The molecule has 182 valence electrons. The Morgan fingerprint density at radius 2 is 2.09 bits per heavy atom. The maximum Gasteiger partial charge on any atom is 0.280 e. The lowest BCUT2D eigenvalue weighted by Gasteiger charge is -2.27. The number of methoxy groups -OCH3 is 1. The van der Waals surface area contributed by atoms with E-state index in [1.54, 1.807) is 18.2 Å². The summed E-state index contributed by atoms with van der Waals surface area (Å²) in [5, 5.41) is 12.2. The van der Waals surface area contributed by atoms with Crippen LogP contribution >= 0.6 is 11.3 Å². The summed E-state index contributed by atoms with van der Waals surface area (Å²) in [5.74, 6) is -0.125. The van der Waals surface area contributed by atoms with Gasteiger partial charge in [0.05, 0.1) is 19.9 Å². The van der Waals surface area contributed by atoms with Crippen molar-refractivity contribution in [3.05, 3.63) is 46.7 Å². The molecular formula is C23H21F2N5O4S. The molecule has 35 heavy (non-hydrogen) atoms. The highest BCUT2D eigenvalue weighted by Crippen LogP contribution is 2.42. The lowest BCUT2D eigenvalue weighted by molar-refractivity contribution is -0.125. The number of alkyl halides is 2. The van der Waals surface area contributed by atoms with Gasteiger partial charge in [-0.05, 0) is 37.1 Å².